The monoisotopic (exact) mass is 260 g/mol. The van der Waals surface area contributed by atoms with Crippen molar-refractivity contribution in [3.63, 3.8) is 0 Å². The van der Waals surface area contributed by atoms with Crippen molar-refractivity contribution < 1.29 is 9.05 Å². The first kappa shape index (κ1) is 15.4. The van der Waals surface area contributed by atoms with E-state index in [0.29, 0.717) is 0 Å². The van der Waals surface area contributed by atoms with E-state index >= 15 is 0 Å². The lowest BCUT2D eigenvalue weighted by atomic mass is 10.4. The van der Waals surface area contributed by atoms with E-state index in [4.69, 9.17) is 9.05 Å². The molecule has 0 bridgehead atoms. The third-order valence-electron chi connectivity index (χ3n) is 1.23. The summed E-state index contributed by atoms with van der Waals surface area (Å²) in [5, 5.41) is 7.86. The minimum Gasteiger partial charge on any atom is -0.456 e. The Morgan fingerprint density at radius 1 is 0.750 bits per heavy atom. The molecule has 0 aliphatic carbocycles. The zero-order chi connectivity index (χ0) is 12.7. The molecule has 0 rings (SSSR count). The fourth-order valence-electron chi connectivity index (χ4n) is 0.645. The van der Waals surface area contributed by atoms with E-state index in [1.165, 1.54) is 0 Å². The van der Waals surface area contributed by atoms with Gasteiger partial charge in [-0.15, -0.1) is 10.3 Å². The van der Waals surface area contributed by atoms with Crippen molar-refractivity contribution in [2.45, 2.75) is 52.1 Å². The molecular formula is C10H24N2O2Si2. The molecule has 0 atom stereocenters. The summed E-state index contributed by atoms with van der Waals surface area (Å²) >= 11 is 0. The van der Waals surface area contributed by atoms with Crippen LogP contribution in [0.2, 0.25) is 39.3 Å². The molecule has 0 aliphatic rings. The van der Waals surface area contributed by atoms with Crippen molar-refractivity contribution in [2.24, 2.45) is 10.3 Å². The molecule has 0 amide bonds. The highest BCUT2D eigenvalue weighted by Crippen LogP contribution is 2.03. The summed E-state index contributed by atoms with van der Waals surface area (Å²) in [4.78, 5) is 0. The molecule has 0 spiro atoms. The Morgan fingerprint density at radius 2 is 1.06 bits per heavy atom. The lowest BCUT2D eigenvalue weighted by Gasteiger charge is -2.12. The van der Waals surface area contributed by atoms with Crippen LogP contribution in [-0.4, -0.2) is 29.1 Å². The molecule has 0 radical (unpaired) electrons. The maximum absolute atomic E-state index is 5.33. The van der Waals surface area contributed by atoms with Gasteiger partial charge in [-0.05, 0) is 52.1 Å². The number of hydrogen-bond donors (Lipinski definition) is 0. The molecule has 0 saturated heterocycles. The Morgan fingerprint density at radius 3 is 1.31 bits per heavy atom. The third kappa shape index (κ3) is 13.4. The minimum atomic E-state index is -1.51. The lowest BCUT2D eigenvalue weighted by molar-refractivity contribution is 0.335. The third-order valence-corrected chi connectivity index (χ3v) is 2.53. The van der Waals surface area contributed by atoms with Gasteiger partial charge in [-0.3, -0.25) is 0 Å². The molecule has 0 unspecified atom stereocenters. The molecule has 16 heavy (non-hydrogen) atoms. The Bertz CT molecular complexity index is 216. The van der Waals surface area contributed by atoms with Crippen LogP contribution in [0.1, 0.15) is 12.8 Å². The predicted octanol–water partition coefficient (Wildman–Crippen LogP) is 3.44. The second kappa shape index (κ2) is 6.85. The van der Waals surface area contributed by atoms with Gasteiger partial charge in [0, 0.05) is 12.4 Å². The Labute approximate surface area is 101 Å². The quantitative estimate of drug-likeness (QED) is 0.304. The van der Waals surface area contributed by atoms with E-state index < -0.39 is 16.6 Å². The molecule has 0 N–H and O–H groups in total. The predicted molar refractivity (Wildman–Crippen MR) is 75.1 cm³/mol. The normalized spacial score (nSPS) is 13.6. The number of hydrogen-bond acceptors (Lipinski definition) is 4. The zero-order valence-corrected chi connectivity index (χ0v) is 13.3. The second-order valence-electron chi connectivity index (χ2n) is 5.56. The summed E-state index contributed by atoms with van der Waals surface area (Å²) < 4.78 is 10.7. The van der Waals surface area contributed by atoms with Crippen molar-refractivity contribution in [2.75, 3.05) is 0 Å². The van der Waals surface area contributed by atoms with Crippen LogP contribution >= 0.6 is 0 Å². The summed E-state index contributed by atoms with van der Waals surface area (Å²) in [6.07, 6.45) is 5.25. The van der Waals surface area contributed by atoms with E-state index in [9.17, 15) is 0 Å². The van der Waals surface area contributed by atoms with E-state index in [1.807, 2.05) is 0 Å². The number of nitrogens with zero attached hydrogens (tertiary/aromatic N) is 2. The van der Waals surface area contributed by atoms with Gasteiger partial charge < -0.3 is 9.05 Å². The van der Waals surface area contributed by atoms with Gasteiger partial charge in [0.1, 0.15) is 0 Å². The molecule has 0 aliphatic heterocycles. The molecule has 0 fully saturated rings. The standard InChI is InChI=1S/C10H24N2O2Si2/c1-15(2,3)13-11-9-7-8-10-12-14-16(4,5)6/h9-10H,7-8H2,1-6H3. The van der Waals surface area contributed by atoms with Crippen LogP contribution in [0.3, 0.4) is 0 Å². The zero-order valence-electron chi connectivity index (χ0n) is 11.3. The first-order valence-corrected chi connectivity index (χ1v) is 12.4. The van der Waals surface area contributed by atoms with E-state index in [1.54, 1.807) is 12.4 Å². The van der Waals surface area contributed by atoms with Gasteiger partial charge in [-0.25, -0.2) is 0 Å². The molecule has 6 heteroatoms. The van der Waals surface area contributed by atoms with Crippen molar-refractivity contribution in [1.82, 2.24) is 0 Å². The smallest absolute Gasteiger partial charge is 0.278 e. The summed E-state index contributed by atoms with van der Waals surface area (Å²) in [7, 11) is -3.02. The minimum absolute atomic E-state index is 0.836. The molecule has 0 aromatic heterocycles. The number of unbranched alkanes of at least 4 members (excludes halogenated alkanes) is 1. The maximum atomic E-state index is 5.33. The fraction of sp³-hybridized carbons (Fsp3) is 0.800. The van der Waals surface area contributed by atoms with Gasteiger partial charge in [0.15, 0.2) is 0 Å². The average molecular weight is 260 g/mol. The van der Waals surface area contributed by atoms with Crippen LogP contribution in [-0.2, 0) is 9.05 Å². The Balaban J connectivity index is 3.54. The number of oxime groups is 2. The van der Waals surface area contributed by atoms with Gasteiger partial charge in [0.05, 0.1) is 0 Å². The van der Waals surface area contributed by atoms with Crippen LogP contribution in [0.4, 0.5) is 0 Å². The summed E-state index contributed by atoms with van der Waals surface area (Å²) in [5.74, 6) is 0. The van der Waals surface area contributed by atoms with Gasteiger partial charge >= 0.3 is 0 Å². The molecular weight excluding hydrogens is 236 g/mol. The molecule has 0 aromatic carbocycles. The molecule has 94 valence electrons. The Hall–Kier alpha value is -0.626. The lowest BCUT2D eigenvalue weighted by Crippen LogP contribution is -2.22. The Kier molecular flexibility index (Phi) is 6.58. The average Bonchev–Trinajstić information content (AvgIpc) is 2.06. The van der Waals surface area contributed by atoms with Crippen LogP contribution in [0.25, 0.3) is 0 Å². The van der Waals surface area contributed by atoms with E-state index in [-0.39, 0.29) is 0 Å². The van der Waals surface area contributed by atoms with Crippen LogP contribution in [0, 0.1) is 0 Å². The van der Waals surface area contributed by atoms with Crippen molar-refractivity contribution in [3.05, 3.63) is 0 Å². The van der Waals surface area contributed by atoms with Crippen LogP contribution < -0.4 is 0 Å². The highest BCUT2D eigenvalue weighted by molar-refractivity contribution is 6.70. The van der Waals surface area contributed by atoms with E-state index in [2.05, 4.69) is 49.6 Å². The second-order valence-corrected chi connectivity index (χ2v) is 14.4. The molecule has 0 saturated carbocycles. The van der Waals surface area contributed by atoms with Crippen LogP contribution in [0.15, 0.2) is 10.3 Å². The summed E-state index contributed by atoms with van der Waals surface area (Å²) in [5.41, 5.74) is 0. The first-order chi connectivity index (χ1) is 7.21. The van der Waals surface area contributed by atoms with Gasteiger partial charge in [0.2, 0.25) is 0 Å². The van der Waals surface area contributed by atoms with Gasteiger partial charge in [-0.2, -0.15) is 0 Å². The van der Waals surface area contributed by atoms with Crippen molar-refractivity contribution >= 4 is 29.1 Å². The SMILES string of the molecule is C[Si](C)(C)ON=CCCC=NO[Si](C)(C)C. The maximum Gasteiger partial charge on any atom is 0.278 e. The van der Waals surface area contributed by atoms with Crippen molar-refractivity contribution in [3.8, 4) is 0 Å². The highest BCUT2D eigenvalue weighted by atomic mass is 28.4. The first-order valence-electron chi connectivity index (χ1n) is 5.61. The molecule has 0 heterocycles. The fourth-order valence-corrected chi connectivity index (χ4v) is 1.43. The molecule has 4 nitrogen and oxygen atoms in total. The highest BCUT2D eigenvalue weighted by Gasteiger charge is 2.15. The van der Waals surface area contributed by atoms with E-state index in [0.717, 1.165) is 12.8 Å². The summed E-state index contributed by atoms with van der Waals surface area (Å²) in [6.45, 7) is 12.6. The topological polar surface area (TPSA) is 43.2 Å². The summed E-state index contributed by atoms with van der Waals surface area (Å²) in [6, 6.07) is 0. The van der Waals surface area contributed by atoms with Crippen LogP contribution in [0.5, 0.6) is 0 Å². The van der Waals surface area contributed by atoms with Gasteiger partial charge in [-0.1, -0.05) is 0 Å². The number of rotatable bonds is 7. The van der Waals surface area contributed by atoms with Gasteiger partial charge in [0.25, 0.3) is 16.6 Å². The largest absolute Gasteiger partial charge is 0.456 e. The van der Waals surface area contributed by atoms with Crippen molar-refractivity contribution in [1.29, 1.82) is 0 Å². The molecule has 0 aromatic rings.